The van der Waals surface area contributed by atoms with Gasteiger partial charge in [-0.2, -0.15) is 0 Å². The van der Waals surface area contributed by atoms with Crippen molar-refractivity contribution in [1.29, 1.82) is 0 Å². The van der Waals surface area contributed by atoms with Crippen LogP contribution in [0.2, 0.25) is 0 Å². The van der Waals surface area contributed by atoms with Crippen LogP contribution in [0.4, 0.5) is 0 Å². The number of hydrogen-bond donors (Lipinski definition) is 0. The van der Waals surface area contributed by atoms with Crippen molar-refractivity contribution < 1.29 is 22.5 Å². The fourth-order valence-electron chi connectivity index (χ4n) is 2.59. The van der Waals surface area contributed by atoms with Crippen LogP contribution in [-0.4, -0.2) is 18.9 Å². The van der Waals surface area contributed by atoms with E-state index in [9.17, 15) is 17.8 Å². The van der Waals surface area contributed by atoms with Gasteiger partial charge in [-0.15, -0.1) is 0 Å². The summed E-state index contributed by atoms with van der Waals surface area (Å²) in [5.41, 5.74) is 4.21. The largest absolute Gasteiger partial charge is 0.744 e. The number of carbonyl (C=O) groups is 1. The highest BCUT2D eigenvalue weighted by Crippen LogP contribution is 2.29. The first-order valence-corrected chi connectivity index (χ1v) is 11.0. The first-order valence-electron chi connectivity index (χ1n) is 7.41. The molecule has 8 heteroatoms. The molecule has 0 aliphatic carbocycles. The minimum Gasteiger partial charge on any atom is -0.744 e. The molecule has 0 bridgehead atoms. The first-order chi connectivity index (χ1) is 12.0. The van der Waals surface area contributed by atoms with Gasteiger partial charge in [0.05, 0.1) is 4.90 Å². The number of ether oxygens (including phenoxy) is 1. The van der Waals surface area contributed by atoms with E-state index in [0.717, 1.165) is 22.3 Å². The molecule has 0 aromatic heterocycles. The molecule has 0 amide bonds. The zero-order chi connectivity index (χ0) is 19.6. The topological polar surface area (TPSA) is 83.5 Å². The van der Waals surface area contributed by atoms with Crippen LogP contribution in [-0.2, 0) is 14.9 Å². The molecule has 26 heavy (non-hydrogen) atoms. The Morgan fingerprint density at radius 1 is 1.04 bits per heavy atom. The Hall–Kier alpha value is -0.980. The fraction of sp³-hybridized carbons (Fsp3) is 0.167. The van der Waals surface area contributed by atoms with Crippen molar-refractivity contribution in [2.75, 3.05) is 0 Å². The minimum absolute atomic E-state index is 0.179. The van der Waals surface area contributed by atoms with Gasteiger partial charge in [0.2, 0.25) is 0 Å². The van der Waals surface area contributed by atoms with Crippen LogP contribution in [0, 0.1) is 27.9 Å². The lowest BCUT2D eigenvalue weighted by Crippen LogP contribution is -2.08. The van der Waals surface area contributed by atoms with E-state index in [2.05, 4.69) is 0 Å². The fourth-order valence-corrected chi connectivity index (χ4v) is 6.51. The van der Waals surface area contributed by atoms with Crippen molar-refractivity contribution in [3.05, 3.63) is 59.7 Å². The van der Waals surface area contributed by atoms with Crippen LogP contribution >= 0.6 is 45.2 Å². The van der Waals surface area contributed by atoms with Gasteiger partial charge in [0.15, 0.2) is 0 Å². The molecule has 0 unspecified atom stereocenters. The molecule has 2 aromatic rings. The van der Waals surface area contributed by atoms with Crippen molar-refractivity contribution >= 4 is 67.3 Å². The number of esters is 1. The number of halogens is 2. The van der Waals surface area contributed by atoms with E-state index in [0.29, 0.717) is 0 Å². The van der Waals surface area contributed by atoms with Crippen LogP contribution in [0.3, 0.4) is 0 Å². The van der Waals surface area contributed by atoms with Gasteiger partial charge in [-0.3, -0.25) is 0 Å². The average molecular weight is 597 g/mol. The Morgan fingerprint density at radius 2 is 1.54 bits per heavy atom. The van der Waals surface area contributed by atoms with E-state index >= 15 is 0 Å². The SMILES string of the molecule is Cc1cc(C)c(/C=C/C(=O)Oc2cc(I)c(S(=O)(=O)[O-])c(I)c2)c(C)c1. The Morgan fingerprint density at radius 3 is 2.00 bits per heavy atom. The molecule has 0 aliphatic heterocycles. The summed E-state index contributed by atoms with van der Waals surface area (Å²) >= 11 is 3.47. The number of hydrogen-bond acceptors (Lipinski definition) is 5. The second kappa shape index (κ2) is 8.36. The zero-order valence-electron chi connectivity index (χ0n) is 14.2. The standard InChI is InChI=1S/C18H16I2O5S/c1-10-6-11(2)14(12(3)7-10)4-5-17(21)25-13-8-15(19)18(16(20)9-13)26(22,23)24/h4-9H,1-3H3,(H,22,23,24)/p-1/b5-4+. The normalized spacial score (nSPS) is 11.8. The minimum atomic E-state index is -4.59. The monoisotopic (exact) mass is 597 g/mol. The molecule has 0 saturated carbocycles. The van der Waals surface area contributed by atoms with Crippen LogP contribution in [0.1, 0.15) is 22.3 Å². The van der Waals surface area contributed by atoms with E-state index in [1.807, 2.05) is 32.9 Å². The van der Waals surface area contributed by atoms with E-state index < -0.39 is 16.1 Å². The Labute approximate surface area is 179 Å². The summed E-state index contributed by atoms with van der Waals surface area (Å²) in [7, 11) is -4.59. The van der Waals surface area contributed by atoms with E-state index in [1.165, 1.54) is 18.2 Å². The Bertz CT molecular complexity index is 964. The van der Waals surface area contributed by atoms with Gasteiger partial charge in [0.1, 0.15) is 15.9 Å². The highest BCUT2D eigenvalue weighted by Gasteiger charge is 2.15. The molecule has 0 N–H and O–H groups in total. The highest BCUT2D eigenvalue weighted by molar-refractivity contribution is 14.1. The van der Waals surface area contributed by atoms with Gasteiger partial charge in [-0.05, 0) is 101 Å². The summed E-state index contributed by atoms with van der Waals surface area (Å²) in [6, 6.07) is 6.76. The molecule has 0 fully saturated rings. The van der Waals surface area contributed by atoms with Gasteiger partial charge in [-0.1, -0.05) is 17.7 Å². The lowest BCUT2D eigenvalue weighted by molar-refractivity contribution is -0.128. The number of carbonyl (C=O) groups excluding carboxylic acids is 1. The molecule has 0 atom stereocenters. The van der Waals surface area contributed by atoms with Crippen molar-refractivity contribution in [2.45, 2.75) is 25.7 Å². The first kappa shape index (κ1) is 21.3. The Balaban J connectivity index is 2.24. The van der Waals surface area contributed by atoms with Crippen molar-refractivity contribution in [3.63, 3.8) is 0 Å². The summed E-state index contributed by atoms with van der Waals surface area (Å²) in [6.07, 6.45) is 3.02. The molecular formula is C18H15I2O5S-. The van der Waals surface area contributed by atoms with E-state index in [4.69, 9.17) is 4.74 Å². The van der Waals surface area contributed by atoms with Crippen LogP contribution in [0.15, 0.2) is 35.2 Å². The molecule has 5 nitrogen and oxygen atoms in total. The van der Waals surface area contributed by atoms with Crippen molar-refractivity contribution in [3.8, 4) is 5.75 Å². The molecule has 0 aliphatic rings. The van der Waals surface area contributed by atoms with E-state index in [-0.39, 0.29) is 17.8 Å². The number of benzene rings is 2. The maximum atomic E-state index is 12.1. The predicted molar refractivity (Wildman–Crippen MR) is 115 cm³/mol. The average Bonchev–Trinajstić information content (AvgIpc) is 2.43. The molecule has 2 rings (SSSR count). The molecule has 0 radical (unpaired) electrons. The van der Waals surface area contributed by atoms with Crippen LogP contribution in [0.5, 0.6) is 5.75 Å². The van der Waals surface area contributed by atoms with Gasteiger partial charge in [-0.25, -0.2) is 13.2 Å². The van der Waals surface area contributed by atoms with Gasteiger partial charge in [0, 0.05) is 13.2 Å². The molecule has 2 aromatic carbocycles. The maximum Gasteiger partial charge on any atom is 0.336 e. The maximum absolute atomic E-state index is 12.1. The molecule has 0 heterocycles. The second-order valence-corrected chi connectivity index (χ2v) is 9.38. The smallest absolute Gasteiger partial charge is 0.336 e. The summed E-state index contributed by atoms with van der Waals surface area (Å²) in [5.74, 6) is -0.410. The van der Waals surface area contributed by atoms with Gasteiger partial charge < -0.3 is 9.29 Å². The third-order valence-electron chi connectivity index (χ3n) is 3.56. The summed E-state index contributed by atoms with van der Waals surface area (Å²) in [5, 5.41) is 0. The number of aryl methyl sites for hydroxylation is 3. The summed E-state index contributed by atoms with van der Waals surface area (Å²) in [6.45, 7) is 5.95. The third-order valence-corrected chi connectivity index (χ3v) is 6.94. The zero-order valence-corrected chi connectivity index (χ0v) is 19.3. The molecule has 138 valence electrons. The summed E-state index contributed by atoms with van der Waals surface area (Å²) < 4.78 is 39.5. The van der Waals surface area contributed by atoms with E-state index in [1.54, 1.807) is 51.3 Å². The molecular weight excluding hydrogens is 582 g/mol. The lowest BCUT2D eigenvalue weighted by Gasteiger charge is -2.13. The summed E-state index contributed by atoms with van der Waals surface area (Å²) in [4.78, 5) is 11.8. The third kappa shape index (κ3) is 5.27. The van der Waals surface area contributed by atoms with Gasteiger partial charge in [0.25, 0.3) is 0 Å². The Kier molecular flexibility index (Phi) is 6.86. The molecule has 0 spiro atoms. The number of rotatable bonds is 4. The van der Waals surface area contributed by atoms with Crippen LogP contribution in [0.25, 0.3) is 6.08 Å². The predicted octanol–water partition coefficient (Wildman–Crippen LogP) is 4.34. The van der Waals surface area contributed by atoms with Crippen molar-refractivity contribution in [1.82, 2.24) is 0 Å². The second-order valence-electron chi connectivity index (χ2n) is 5.74. The van der Waals surface area contributed by atoms with Crippen LogP contribution < -0.4 is 4.74 Å². The lowest BCUT2D eigenvalue weighted by atomic mass is 9.99. The van der Waals surface area contributed by atoms with Crippen molar-refractivity contribution in [2.24, 2.45) is 0 Å². The molecule has 0 saturated heterocycles. The van der Waals surface area contributed by atoms with Gasteiger partial charge >= 0.3 is 5.97 Å². The highest BCUT2D eigenvalue weighted by atomic mass is 127. The quantitative estimate of drug-likeness (QED) is 0.172.